The normalized spacial score (nSPS) is 28.6. The molecule has 0 saturated heterocycles. The van der Waals surface area contributed by atoms with Gasteiger partial charge in [0.15, 0.2) is 0 Å². The second-order valence-electron chi connectivity index (χ2n) is 6.14. The number of fused-ring (bicyclic) bond motifs is 2. The second-order valence-corrected chi connectivity index (χ2v) is 6.14. The van der Waals surface area contributed by atoms with Gasteiger partial charge in [-0.3, -0.25) is 0 Å². The highest BCUT2D eigenvalue weighted by Gasteiger charge is 2.38. The van der Waals surface area contributed by atoms with Gasteiger partial charge in [-0.15, -0.1) is 0 Å². The van der Waals surface area contributed by atoms with E-state index in [-0.39, 0.29) is 0 Å². The Bertz CT molecular complexity index is 500. The maximum atomic E-state index is 5.53. The molecule has 1 saturated carbocycles. The fraction of sp³-hybridized carbons (Fsp3) is 0.625. The summed E-state index contributed by atoms with van der Waals surface area (Å²) in [4.78, 5) is 2.62. The summed E-state index contributed by atoms with van der Waals surface area (Å²) >= 11 is 0. The molecule has 1 N–H and O–H groups in total. The van der Waals surface area contributed by atoms with Gasteiger partial charge >= 0.3 is 0 Å². The largest absolute Gasteiger partial charge is 0.497 e. The fourth-order valence-corrected chi connectivity index (χ4v) is 4.29. The van der Waals surface area contributed by atoms with Crippen molar-refractivity contribution in [3.63, 3.8) is 0 Å². The van der Waals surface area contributed by atoms with Crippen molar-refractivity contribution in [1.82, 2.24) is 5.32 Å². The number of methoxy groups -OCH3 is 1. The van der Waals surface area contributed by atoms with Gasteiger partial charge in [0, 0.05) is 31.9 Å². The van der Waals surface area contributed by atoms with Crippen molar-refractivity contribution in [3.8, 4) is 5.75 Å². The molecular weight excluding hydrogens is 236 g/mol. The molecule has 0 amide bonds. The van der Waals surface area contributed by atoms with Gasteiger partial charge in [0.1, 0.15) is 5.75 Å². The van der Waals surface area contributed by atoms with Crippen LogP contribution in [0.5, 0.6) is 5.75 Å². The Morgan fingerprint density at radius 1 is 1.32 bits per heavy atom. The minimum atomic E-state index is 0.776. The molecule has 102 valence electrons. The van der Waals surface area contributed by atoms with E-state index in [1.807, 2.05) is 0 Å². The third-order valence-electron chi connectivity index (χ3n) is 5.13. The molecule has 4 rings (SSSR count). The van der Waals surface area contributed by atoms with E-state index in [9.17, 15) is 0 Å². The molecule has 2 atom stereocenters. The first kappa shape index (κ1) is 11.6. The number of hydrogen-bond acceptors (Lipinski definition) is 3. The highest BCUT2D eigenvalue weighted by Crippen LogP contribution is 2.50. The lowest BCUT2D eigenvalue weighted by Crippen LogP contribution is -2.38. The third-order valence-corrected chi connectivity index (χ3v) is 5.13. The molecule has 0 bridgehead atoms. The summed E-state index contributed by atoms with van der Waals surface area (Å²) in [7, 11) is 1.78. The summed E-state index contributed by atoms with van der Waals surface area (Å²) < 4.78 is 5.53. The van der Waals surface area contributed by atoms with E-state index in [1.54, 1.807) is 12.7 Å². The minimum Gasteiger partial charge on any atom is -0.497 e. The summed E-state index contributed by atoms with van der Waals surface area (Å²) in [5.74, 6) is 2.67. The summed E-state index contributed by atoms with van der Waals surface area (Å²) in [5, 5.41) is 3.54. The first-order valence-electron chi connectivity index (χ1n) is 7.53. The smallest absolute Gasteiger partial charge is 0.119 e. The van der Waals surface area contributed by atoms with Gasteiger partial charge in [0.2, 0.25) is 0 Å². The summed E-state index contributed by atoms with van der Waals surface area (Å²) in [6, 6.07) is 4.53. The zero-order valence-electron chi connectivity index (χ0n) is 11.6. The first-order chi connectivity index (χ1) is 9.36. The summed E-state index contributed by atoms with van der Waals surface area (Å²) in [5.41, 5.74) is 4.51. The fourth-order valence-electron chi connectivity index (χ4n) is 4.29. The lowest BCUT2D eigenvalue weighted by atomic mass is 9.82. The highest BCUT2D eigenvalue weighted by atomic mass is 16.5. The summed E-state index contributed by atoms with van der Waals surface area (Å²) in [6.45, 7) is 4.48. The van der Waals surface area contributed by atoms with Crippen molar-refractivity contribution in [3.05, 3.63) is 23.3 Å². The monoisotopic (exact) mass is 258 g/mol. The molecule has 19 heavy (non-hydrogen) atoms. The van der Waals surface area contributed by atoms with Crippen molar-refractivity contribution in [1.29, 1.82) is 0 Å². The molecule has 3 aliphatic rings. The van der Waals surface area contributed by atoms with E-state index >= 15 is 0 Å². The van der Waals surface area contributed by atoms with Gasteiger partial charge in [0.25, 0.3) is 0 Å². The molecule has 3 heteroatoms. The van der Waals surface area contributed by atoms with Crippen LogP contribution in [0.25, 0.3) is 0 Å². The molecule has 1 aliphatic carbocycles. The maximum Gasteiger partial charge on any atom is 0.119 e. The van der Waals surface area contributed by atoms with Crippen LogP contribution in [0, 0.1) is 5.92 Å². The molecule has 0 radical (unpaired) electrons. The quantitative estimate of drug-likeness (QED) is 0.837. The number of hydrogen-bond donors (Lipinski definition) is 1. The van der Waals surface area contributed by atoms with Crippen molar-refractivity contribution in [2.24, 2.45) is 5.92 Å². The SMILES string of the molecule is COc1cc2c3c(c1)C1CCCC1CN3CCNC2. The van der Waals surface area contributed by atoms with Crippen LogP contribution in [0.15, 0.2) is 12.1 Å². The Balaban J connectivity index is 1.89. The van der Waals surface area contributed by atoms with Crippen LogP contribution in [0.3, 0.4) is 0 Å². The number of anilines is 1. The number of ether oxygens (including phenoxy) is 1. The van der Waals surface area contributed by atoms with Gasteiger partial charge in [-0.1, -0.05) is 6.42 Å². The highest BCUT2D eigenvalue weighted by molar-refractivity contribution is 5.66. The van der Waals surface area contributed by atoms with Crippen LogP contribution < -0.4 is 15.0 Å². The lowest BCUT2D eigenvalue weighted by Gasteiger charge is -2.39. The Morgan fingerprint density at radius 2 is 2.26 bits per heavy atom. The van der Waals surface area contributed by atoms with Gasteiger partial charge in [0.05, 0.1) is 7.11 Å². The molecule has 3 nitrogen and oxygen atoms in total. The molecule has 0 aromatic heterocycles. The van der Waals surface area contributed by atoms with E-state index < -0.39 is 0 Å². The zero-order chi connectivity index (χ0) is 12.8. The van der Waals surface area contributed by atoms with Crippen LogP contribution in [-0.2, 0) is 6.54 Å². The van der Waals surface area contributed by atoms with Gasteiger partial charge in [-0.05, 0) is 47.9 Å². The zero-order valence-corrected chi connectivity index (χ0v) is 11.6. The Morgan fingerprint density at radius 3 is 3.16 bits per heavy atom. The Hall–Kier alpha value is -1.22. The van der Waals surface area contributed by atoms with Crippen LogP contribution in [0.2, 0.25) is 0 Å². The van der Waals surface area contributed by atoms with E-state index in [2.05, 4.69) is 22.3 Å². The van der Waals surface area contributed by atoms with Crippen LogP contribution in [0.1, 0.15) is 36.3 Å². The van der Waals surface area contributed by atoms with E-state index in [4.69, 9.17) is 4.74 Å². The number of nitrogens with one attached hydrogen (secondary N) is 1. The molecule has 1 aromatic rings. The first-order valence-corrected chi connectivity index (χ1v) is 7.53. The predicted octanol–water partition coefficient (Wildman–Crippen LogP) is 2.50. The molecule has 2 heterocycles. The van der Waals surface area contributed by atoms with Gasteiger partial charge < -0.3 is 15.0 Å². The van der Waals surface area contributed by atoms with Crippen LogP contribution in [-0.4, -0.2) is 26.7 Å². The van der Waals surface area contributed by atoms with Crippen LogP contribution in [0.4, 0.5) is 5.69 Å². The number of nitrogens with zero attached hydrogens (tertiary/aromatic N) is 1. The van der Waals surface area contributed by atoms with Crippen molar-refractivity contribution in [2.75, 3.05) is 31.6 Å². The molecule has 1 aromatic carbocycles. The Labute approximate surface area is 114 Å². The molecule has 2 unspecified atom stereocenters. The molecule has 2 aliphatic heterocycles. The number of benzene rings is 1. The van der Waals surface area contributed by atoms with Crippen molar-refractivity contribution in [2.45, 2.75) is 31.7 Å². The standard InChI is InChI=1S/C16H22N2O/c1-19-13-7-12-9-17-5-6-18-10-11-3-2-4-14(11)15(8-13)16(12)18/h7-8,11,14,17H,2-6,9-10H2,1H3. The molecular formula is C16H22N2O. The maximum absolute atomic E-state index is 5.53. The lowest BCUT2D eigenvalue weighted by molar-refractivity contribution is 0.409. The van der Waals surface area contributed by atoms with Crippen molar-refractivity contribution < 1.29 is 4.74 Å². The minimum absolute atomic E-state index is 0.776. The van der Waals surface area contributed by atoms with E-state index in [0.29, 0.717) is 0 Å². The number of rotatable bonds is 1. The molecule has 1 fully saturated rings. The molecule has 0 spiro atoms. The average molecular weight is 258 g/mol. The van der Waals surface area contributed by atoms with Crippen molar-refractivity contribution >= 4 is 5.69 Å². The predicted molar refractivity (Wildman–Crippen MR) is 77.0 cm³/mol. The Kier molecular flexibility index (Phi) is 2.69. The van der Waals surface area contributed by atoms with Crippen LogP contribution >= 0.6 is 0 Å². The van der Waals surface area contributed by atoms with Gasteiger partial charge in [-0.2, -0.15) is 0 Å². The van der Waals surface area contributed by atoms with E-state index in [1.165, 1.54) is 37.1 Å². The van der Waals surface area contributed by atoms with E-state index in [0.717, 1.165) is 37.2 Å². The van der Waals surface area contributed by atoms with Gasteiger partial charge in [-0.25, -0.2) is 0 Å². The third kappa shape index (κ3) is 1.75. The topological polar surface area (TPSA) is 24.5 Å². The summed E-state index contributed by atoms with van der Waals surface area (Å²) in [6.07, 6.45) is 4.17. The average Bonchev–Trinajstić information content (AvgIpc) is 2.81. The second kappa shape index (κ2) is 4.41.